The van der Waals surface area contributed by atoms with Gasteiger partial charge in [-0.3, -0.25) is 0 Å². The third-order valence-electron chi connectivity index (χ3n) is 5.77. The number of carbonyl (C=O) groups excluding carboxylic acids is 1. The number of likely N-dealkylation sites (tertiary alicyclic amines) is 1. The number of amides is 1. The summed E-state index contributed by atoms with van der Waals surface area (Å²) in [7, 11) is 0. The predicted molar refractivity (Wildman–Crippen MR) is 124 cm³/mol. The normalized spacial score (nSPS) is 17.7. The first-order valence-electron chi connectivity index (χ1n) is 11.3. The molecule has 1 aliphatic heterocycles. The maximum atomic E-state index is 12.4. The Hall–Kier alpha value is -2.37. The second-order valence-electron chi connectivity index (χ2n) is 9.50. The SMILES string of the molecule is CC(C)(C)OC(=O)N[C@H](Cc1ccccc1)[C@H](O)CN1CCC(c2ccccc2)CC1. The van der Waals surface area contributed by atoms with Gasteiger partial charge in [0.1, 0.15) is 5.60 Å². The molecular formula is C26H36N2O3. The van der Waals surface area contributed by atoms with Gasteiger partial charge in [-0.25, -0.2) is 4.79 Å². The zero-order valence-corrected chi connectivity index (χ0v) is 19.0. The largest absolute Gasteiger partial charge is 0.444 e. The number of aliphatic hydroxyl groups excluding tert-OH is 1. The standard InChI is InChI=1S/C26H36N2O3/c1-26(2,3)31-25(30)27-23(18-20-10-6-4-7-11-20)24(29)19-28-16-14-22(15-17-28)21-12-8-5-9-13-21/h4-13,22-24,29H,14-19H2,1-3H3,(H,27,30)/t23-,24-/m1/s1. The van der Waals surface area contributed by atoms with Gasteiger partial charge in [0.15, 0.2) is 0 Å². The smallest absolute Gasteiger partial charge is 0.407 e. The van der Waals surface area contributed by atoms with E-state index in [2.05, 4.69) is 40.5 Å². The number of hydrogen-bond donors (Lipinski definition) is 2. The van der Waals surface area contributed by atoms with Gasteiger partial charge in [0.2, 0.25) is 0 Å². The third-order valence-corrected chi connectivity index (χ3v) is 5.77. The van der Waals surface area contributed by atoms with Crippen molar-refractivity contribution >= 4 is 6.09 Å². The Morgan fingerprint density at radius 2 is 1.65 bits per heavy atom. The Labute approximate surface area is 186 Å². The van der Waals surface area contributed by atoms with Crippen molar-refractivity contribution in [2.45, 2.75) is 63.7 Å². The molecular weight excluding hydrogens is 388 g/mol. The minimum atomic E-state index is -0.680. The van der Waals surface area contributed by atoms with Gasteiger partial charge in [0.05, 0.1) is 12.1 Å². The Balaban J connectivity index is 1.58. The van der Waals surface area contributed by atoms with E-state index in [4.69, 9.17) is 4.74 Å². The molecule has 0 saturated carbocycles. The fourth-order valence-corrected chi connectivity index (χ4v) is 4.18. The molecule has 2 aromatic rings. The number of benzene rings is 2. The highest BCUT2D eigenvalue weighted by Crippen LogP contribution is 2.28. The Bertz CT molecular complexity index is 796. The van der Waals surface area contributed by atoms with E-state index in [1.165, 1.54) is 5.56 Å². The number of nitrogens with zero attached hydrogens (tertiary/aromatic N) is 1. The zero-order valence-electron chi connectivity index (χ0n) is 19.0. The second kappa shape index (κ2) is 10.8. The molecule has 1 aliphatic rings. The van der Waals surface area contributed by atoms with E-state index in [1.54, 1.807) is 0 Å². The minimum Gasteiger partial charge on any atom is -0.444 e. The van der Waals surface area contributed by atoms with Crippen LogP contribution in [0.4, 0.5) is 4.79 Å². The van der Waals surface area contributed by atoms with Crippen molar-refractivity contribution < 1.29 is 14.6 Å². The highest BCUT2D eigenvalue weighted by molar-refractivity contribution is 5.68. The van der Waals surface area contributed by atoms with Gasteiger partial charge < -0.3 is 20.1 Å². The lowest BCUT2D eigenvalue weighted by Gasteiger charge is -2.35. The van der Waals surface area contributed by atoms with Crippen LogP contribution < -0.4 is 5.32 Å². The van der Waals surface area contributed by atoms with Gasteiger partial charge in [0.25, 0.3) is 0 Å². The molecule has 1 saturated heterocycles. The Kier molecular flexibility index (Phi) is 8.10. The minimum absolute atomic E-state index is 0.413. The van der Waals surface area contributed by atoms with Crippen molar-refractivity contribution in [1.29, 1.82) is 0 Å². The molecule has 31 heavy (non-hydrogen) atoms. The van der Waals surface area contributed by atoms with Crippen LogP contribution in [0, 0.1) is 0 Å². The highest BCUT2D eigenvalue weighted by atomic mass is 16.6. The van der Waals surface area contributed by atoms with Crippen LogP contribution in [-0.4, -0.2) is 53.5 Å². The quantitative estimate of drug-likeness (QED) is 0.693. The number of alkyl carbamates (subject to hydrolysis) is 1. The van der Waals surface area contributed by atoms with Gasteiger partial charge in [-0.05, 0) is 70.2 Å². The number of ether oxygens (including phenoxy) is 1. The van der Waals surface area contributed by atoms with E-state index in [0.29, 0.717) is 18.9 Å². The Morgan fingerprint density at radius 1 is 1.06 bits per heavy atom. The van der Waals surface area contributed by atoms with Crippen molar-refractivity contribution in [1.82, 2.24) is 10.2 Å². The molecule has 5 nitrogen and oxygen atoms in total. The van der Waals surface area contributed by atoms with Gasteiger partial charge in [-0.2, -0.15) is 0 Å². The van der Waals surface area contributed by atoms with Gasteiger partial charge in [0, 0.05) is 6.54 Å². The molecule has 168 valence electrons. The molecule has 2 atom stereocenters. The first kappa shape index (κ1) is 23.3. The number of β-amino-alcohol motifs (C(OH)–C–C–N with tert-alkyl or cyclic N) is 1. The summed E-state index contributed by atoms with van der Waals surface area (Å²) in [5, 5.41) is 13.9. The van der Waals surface area contributed by atoms with Crippen LogP contribution in [0.15, 0.2) is 60.7 Å². The molecule has 2 N–H and O–H groups in total. The van der Waals surface area contributed by atoms with Crippen LogP contribution in [0.2, 0.25) is 0 Å². The van der Waals surface area contributed by atoms with Crippen molar-refractivity contribution in [3.63, 3.8) is 0 Å². The molecule has 1 heterocycles. The molecule has 0 bridgehead atoms. The third kappa shape index (κ3) is 7.67. The van der Waals surface area contributed by atoms with Crippen LogP contribution in [0.25, 0.3) is 0 Å². The van der Waals surface area contributed by atoms with Gasteiger partial charge >= 0.3 is 6.09 Å². The van der Waals surface area contributed by atoms with Gasteiger partial charge in [-0.15, -0.1) is 0 Å². The second-order valence-corrected chi connectivity index (χ2v) is 9.50. The molecule has 0 unspecified atom stereocenters. The first-order valence-corrected chi connectivity index (χ1v) is 11.3. The number of rotatable bonds is 7. The maximum Gasteiger partial charge on any atom is 0.407 e. The average molecular weight is 425 g/mol. The van der Waals surface area contributed by atoms with E-state index in [0.717, 1.165) is 31.5 Å². The number of aliphatic hydroxyl groups is 1. The highest BCUT2D eigenvalue weighted by Gasteiger charge is 2.28. The molecule has 0 aliphatic carbocycles. The number of nitrogens with one attached hydrogen (secondary N) is 1. The molecule has 1 amide bonds. The fraction of sp³-hybridized carbons (Fsp3) is 0.500. The van der Waals surface area contributed by atoms with Crippen molar-refractivity contribution in [3.05, 3.63) is 71.8 Å². The Morgan fingerprint density at radius 3 is 2.23 bits per heavy atom. The number of hydrogen-bond acceptors (Lipinski definition) is 4. The molecule has 0 aromatic heterocycles. The lowest BCUT2D eigenvalue weighted by molar-refractivity contribution is 0.0344. The summed E-state index contributed by atoms with van der Waals surface area (Å²) < 4.78 is 5.43. The van der Waals surface area contributed by atoms with E-state index in [9.17, 15) is 9.90 Å². The summed E-state index contributed by atoms with van der Waals surface area (Å²) in [5.41, 5.74) is 1.90. The van der Waals surface area contributed by atoms with Crippen molar-refractivity contribution in [3.8, 4) is 0 Å². The summed E-state index contributed by atoms with van der Waals surface area (Å²) in [6.07, 6.45) is 1.55. The maximum absolute atomic E-state index is 12.4. The van der Waals surface area contributed by atoms with Crippen LogP contribution in [0.5, 0.6) is 0 Å². The monoisotopic (exact) mass is 424 g/mol. The molecule has 0 spiro atoms. The van der Waals surface area contributed by atoms with Gasteiger partial charge in [-0.1, -0.05) is 60.7 Å². The molecule has 0 radical (unpaired) electrons. The van der Waals surface area contributed by atoms with E-state index < -0.39 is 23.8 Å². The molecule has 5 heteroatoms. The summed E-state index contributed by atoms with van der Waals surface area (Å²) >= 11 is 0. The van der Waals surface area contributed by atoms with Crippen LogP contribution in [-0.2, 0) is 11.2 Å². The average Bonchev–Trinajstić information content (AvgIpc) is 2.74. The molecule has 2 aromatic carbocycles. The number of piperidine rings is 1. The lowest BCUT2D eigenvalue weighted by Crippen LogP contribution is -2.51. The topological polar surface area (TPSA) is 61.8 Å². The fourth-order valence-electron chi connectivity index (χ4n) is 4.18. The molecule has 3 rings (SSSR count). The molecule has 1 fully saturated rings. The van der Waals surface area contributed by atoms with Crippen LogP contribution >= 0.6 is 0 Å². The van der Waals surface area contributed by atoms with E-state index in [-0.39, 0.29) is 0 Å². The van der Waals surface area contributed by atoms with E-state index in [1.807, 2.05) is 51.1 Å². The number of carbonyl (C=O) groups is 1. The summed E-state index contributed by atoms with van der Waals surface area (Å²) in [6.45, 7) is 7.95. The summed E-state index contributed by atoms with van der Waals surface area (Å²) in [6, 6.07) is 20.2. The van der Waals surface area contributed by atoms with Crippen molar-refractivity contribution in [2.24, 2.45) is 0 Å². The van der Waals surface area contributed by atoms with Crippen molar-refractivity contribution in [2.75, 3.05) is 19.6 Å². The zero-order chi connectivity index (χ0) is 22.3. The van der Waals surface area contributed by atoms with E-state index >= 15 is 0 Å². The first-order chi connectivity index (χ1) is 14.8. The summed E-state index contributed by atoms with van der Waals surface area (Å²) in [4.78, 5) is 14.7. The van der Waals surface area contributed by atoms with Crippen LogP contribution in [0.3, 0.4) is 0 Å². The predicted octanol–water partition coefficient (Wildman–Crippen LogP) is 4.36. The lowest BCUT2D eigenvalue weighted by atomic mass is 9.89. The van der Waals surface area contributed by atoms with Crippen LogP contribution in [0.1, 0.15) is 50.7 Å². The summed E-state index contributed by atoms with van der Waals surface area (Å²) in [5.74, 6) is 0.578.